The van der Waals surface area contributed by atoms with Crippen LogP contribution in [0.1, 0.15) is 39.5 Å². The summed E-state index contributed by atoms with van der Waals surface area (Å²) in [6.07, 6.45) is 5.33. The summed E-state index contributed by atoms with van der Waals surface area (Å²) in [5, 5.41) is 8.63. The molecule has 0 aliphatic rings. The first-order chi connectivity index (χ1) is 5.85. The van der Waals surface area contributed by atoms with Gasteiger partial charge >= 0.3 is 83.8 Å². The number of rotatable bonds is 7. The van der Waals surface area contributed by atoms with E-state index in [9.17, 15) is 0 Å². The summed E-state index contributed by atoms with van der Waals surface area (Å²) in [6.45, 7) is 4.48. The minimum Gasteiger partial charge on any atom is -1.00 e. The van der Waals surface area contributed by atoms with E-state index in [0.29, 0.717) is 0 Å². The fourth-order valence-corrected chi connectivity index (χ4v) is 6.94. The van der Waals surface area contributed by atoms with Gasteiger partial charge in [0.15, 0.2) is 0 Å². The standard InChI is InChI=1S/C10H20NTe.BrH/c1-3-5-8-12(10-7-11)9-6-4-2;/h3-6,8-10H2,1-2H3;1H/q+1;/p-1. The van der Waals surface area contributed by atoms with Crippen molar-refractivity contribution in [1.29, 1.82) is 5.26 Å². The summed E-state index contributed by atoms with van der Waals surface area (Å²) in [5.41, 5.74) is 0. The smallest absolute Gasteiger partial charge is 1.00 e. The molecule has 0 heterocycles. The molecule has 13 heavy (non-hydrogen) atoms. The van der Waals surface area contributed by atoms with Crippen LogP contribution in [-0.2, 0) is 0 Å². The molecular formula is C10H20BrNTe. The molecule has 0 rings (SSSR count). The van der Waals surface area contributed by atoms with Gasteiger partial charge in [0.25, 0.3) is 0 Å². The molecule has 0 spiro atoms. The van der Waals surface area contributed by atoms with E-state index in [1.54, 1.807) is 0 Å². The summed E-state index contributed by atoms with van der Waals surface area (Å²) in [4.78, 5) is 0. The molecular weight excluding hydrogens is 342 g/mol. The van der Waals surface area contributed by atoms with Crippen molar-refractivity contribution in [3.05, 3.63) is 0 Å². The molecule has 1 nitrogen and oxygen atoms in total. The molecule has 0 aromatic heterocycles. The Morgan fingerprint density at radius 1 is 1.08 bits per heavy atom. The average Bonchev–Trinajstić information content (AvgIpc) is 2.10. The predicted molar refractivity (Wildman–Crippen MR) is 55.6 cm³/mol. The summed E-state index contributed by atoms with van der Waals surface area (Å²) in [5.74, 6) is 0. The number of halogens is 1. The van der Waals surface area contributed by atoms with Gasteiger partial charge in [0.2, 0.25) is 0 Å². The Hall–Kier alpha value is 0.760. The normalized spacial score (nSPS) is 9.38. The Labute approximate surface area is 100 Å². The van der Waals surface area contributed by atoms with Crippen LogP contribution in [0.15, 0.2) is 0 Å². The molecule has 0 aromatic rings. The number of hydrogen-bond acceptors (Lipinski definition) is 1. The van der Waals surface area contributed by atoms with E-state index < -0.39 is 19.6 Å². The van der Waals surface area contributed by atoms with Gasteiger partial charge in [0.05, 0.1) is 0 Å². The maximum Gasteiger partial charge on any atom is -1.00 e. The second-order valence-corrected chi connectivity index (χ2v) is 9.68. The summed E-state index contributed by atoms with van der Waals surface area (Å²) in [7, 11) is 0. The predicted octanol–water partition coefficient (Wildman–Crippen LogP) is 0.609. The molecule has 0 amide bonds. The maximum absolute atomic E-state index is 8.63. The van der Waals surface area contributed by atoms with Gasteiger partial charge < -0.3 is 17.0 Å². The summed E-state index contributed by atoms with van der Waals surface area (Å²) < 4.78 is 3.78. The minimum atomic E-state index is -0.923. The van der Waals surface area contributed by atoms with Gasteiger partial charge in [-0.1, -0.05) is 0 Å². The fourth-order valence-electron chi connectivity index (χ4n) is 1.03. The van der Waals surface area contributed by atoms with Crippen LogP contribution in [0.5, 0.6) is 0 Å². The van der Waals surface area contributed by atoms with Crippen LogP contribution in [0.25, 0.3) is 0 Å². The first kappa shape index (κ1) is 16.2. The van der Waals surface area contributed by atoms with E-state index in [2.05, 4.69) is 19.9 Å². The van der Waals surface area contributed by atoms with Crippen molar-refractivity contribution in [1.82, 2.24) is 0 Å². The van der Waals surface area contributed by atoms with Crippen molar-refractivity contribution in [3.8, 4) is 6.07 Å². The van der Waals surface area contributed by atoms with E-state index in [0.717, 1.165) is 4.47 Å². The van der Waals surface area contributed by atoms with Gasteiger partial charge in [0.1, 0.15) is 0 Å². The van der Waals surface area contributed by atoms with Gasteiger partial charge in [-0.05, 0) is 0 Å². The maximum atomic E-state index is 8.63. The van der Waals surface area contributed by atoms with Crippen LogP contribution in [0.2, 0.25) is 13.4 Å². The molecule has 0 aliphatic heterocycles. The zero-order valence-electron chi connectivity index (χ0n) is 8.68. The molecule has 0 radical (unpaired) electrons. The number of hydrogen-bond donors (Lipinski definition) is 0. The molecule has 0 N–H and O–H groups in total. The van der Waals surface area contributed by atoms with E-state index in [1.807, 2.05) is 0 Å². The van der Waals surface area contributed by atoms with Crippen molar-refractivity contribution in [2.75, 3.05) is 0 Å². The molecule has 0 saturated carbocycles. The number of unbranched alkanes of at least 4 members (excludes halogenated alkanes) is 2. The molecule has 0 unspecified atom stereocenters. The van der Waals surface area contributed by atoms with E-state index in [4.69, 9.17) is 5.26 Å². The minimum absolute atomic E-state index is 0. The molecule has 0 aliphatic carbocycles. The number of nitrogens with zero attached hydrogens (tertiary/aromatic N) is 1. The Bertz CT molecular complexity index is 125. The number of nitriles is 1. The molecule has 78 valence electrons. The van der Waals surface area contributed by atoms with Crippen molar-refractivity contribution in [2.24, 2.45) is 0 Å². The Morgan fingerprint density at radius 3 is 1.85 bits per heavy atom. The topological polar surface area (TPSA) is 23.8 Å². The van der Waals surface area contributed by atoms with Crippen LogP contribution >= 0.6 is 0 Å². The van der Waals surface area contributed by atoms with E-state index >= 15 is 0 Å². The van der Waals surface area contributed by atoms with Crippen LogP contribution in [0.4, 0.5) is 0 Å². The Morgan fingerprint density at radius 2 is 1.54 bits per heavy atom. The van der Waals surface area contributed by atoms with Gasteiger partial charge in [0, 0.05) is 0 Å². The fraction of sp³-hybridized carbons (Fsp3) is 0.900. The monoisotopic (exact) mass is 363 g/mol. The van der Waals surface area contributed by atoms with Crippen LogP contribution in [0, 0.1) is 11.3 Å². The first-order valence-corrected chi connectivity index (χ1v) is 9.80. The average molecular weight is 362 g/mol. The Balaban J connectivity index is 0. The summed E-state index contributed by atoms with van der Waals surface area (Å²) in [6, 6.07) is 2.36. The van der Waals surface area contributed by atoms with Gasteiger partial charge in [-0.25, -0.2) is 0 Å². The van der Waals surface area contributed by atoms with Crippen molar-refractivity contribution in [3.63, 3.8) is 0 Å². The molecule has 0 bridgehead atoms. The second kappa shape index (κ2) is 12.8. The molecule has 0 atom stereocenters. The molecule has 0 aromatic carbocycles. The zero-order valence-corrected chi connectivity index (χ0v) is 12.6. The van der Waals surface area contributed by atoms with E-state index in [1.165, 1.54) is 34.6 Å². The second-order valence-electron chi connectivity index (χ2n) is 3.03. The van der Waals surface area contributed by atoms with Gasteiger partial charge in [-0.2, -0.15) is 0 Å². The van der Waals surface area contributed by atoms with E-state index in [-0.39, 0.29) is 17.0 Å². The largest absolute Gasteiger partial charge is 1.00 e. The van der Waals surface area contributed by atoms with Crippen molar-refractivity contribution in [2.45, 2.75) is 52.9 Å². The van der Waals surface area contributed by atoms with Crippen molar-refractivity contribution < 1.29 is 17.0 Å². The van der Waals surface area contributed by atoms with Crippen LogP contribution < -0.4 is 17.0 Å². The first-order valence-electron chi connectivity index (χ1n) is 4.86. The van der Waals surface area contributed by atoms with Gasteiger partial charge in [-0.3, -0.25) is 0 Å². The quantitative estimate of drug-likeness (QED) is 0.610. The summed E-state index contributed by atoms with van der Waals surface area (Å²) >= 11 is -0.923. The van der Waals surface area contributed by atoms with Crippen molar-refractivity contribution >= 4 is 19.6 Å². The van der Waals surface area contributed by atoms with Crippen LogP contribution in [-0.4, -0.2) is 19.6 Å². The molecule has 0 saturated heterocycles. The Kier molecular flexibility index (Phi) is 15.9. The van der Waals surface area contributed by atoms with Crippen LogP contribution in [0.3, 0.4) is 0 Å². The zero-order chi connectivity index (χ0) is 9.23. The molecule has 0 fully saturated rings. The SMILES string of the molecule is CCCC[Te+](CC#N)CCCC.[Br-]. The third-order valence-corrected chi connectivity index (χ3v) is 8.32. The third kappa shape index (κ3) is 10.7. The van der Waals surface area contributed by atoms with Gasteiger partial charge in [-0.15, -0.1) is 0 Å². The third-order valence-electron chi connectivity index (χ3n) is 1.84. The molecule has 3 heteroatoms.